The molecule has 2 aliphatic heterocycles. The first-order chi connectivity index (χ1) is 29.9. The number of nitrogens with two attached hydrogens (primary N) is 2. The van der Waals surface area contributed by atoms with E-state index in [1.165, 1.54) is 11.8 Å². The Labute approximate surface area is 366 Å². The molecule has 6 amide bonds. The standard InChI is InChI=1S/C45H60N8O10/c1-26(2)11-10-12-27(3)21-22-45-30-15-8-9-16-32(30)52-44(45)53(42(61)35(23-29-13-6-5-7-14-29)51-39(58)28(4)48-37(55)24-46)25-31(45)40(59)49-33(18-20-38(56)57)41(60)50-34(43(62)63)17-19-36(47)54/h5-9,11,13-16,21,28,31,33-35,44,52H,10,12,17-20,22-25,46H2,1-4H3,(H2,47,54)(H,48,55)(H,49,59)(H,50,60)(H,51,58)(H,56,57)(H,62,63)/b27-21-/t28-,31+,33-,34-,35-,44+,45-/m0/s1. The molecular formula is C45H60N8O10. The number of anilines is 1. The minimum absolute atomic E-state index is 0.0459. The molecule has 18 nitrogen and oxygen atoms in total. The van der Waals surface area contributed by atoms with Crippen molar-refractivity contribution in [2.75, 3.05) is 18.4 Å². The number of carbonyl (C=O) groups excluding carboxylic acids is 6. The van der Waals surface area contributed by atoms with Crippen molar-refractivity contribution in [3.05, 3.63) is 89.0 Å². The number of likely N-dealkylation sites (tertiary alicyclic amines) is 1. The summed E-state index contributed by atoms with van der Waals surface area (Å²) in [4.78, 5) is 106. The molecule has 0 radical (unpaired) electrons. The van der Waals surface area contributed by atoms with Crippen molar-refractivity contribution in [2.24, 2.45) is 17.4 Å². The number of carboxylic acids is 2. The molecule has 1 fully saturated rings. The summed E-state index contributed by atoms with van der Waals surface area (Å²) in [6.45, 7) is 6.89. The van der Waals surface area contributed by atoms with Gasteiger partial charge < -0.3 is 53.2 Å². The van der Waals surface area contributed by atoms with Crippen LogP contribution in [0, 0.1) is 5.92 Å². The lowest BCUT2D eigenvalue weighted by molar-refractivity contribution is -0.143. The molecule has 0 bridgehead atoms. The fraction of sp³-hybridized carbons (Fsp3) is 0.467. The van der Waals surface area contributed by atoms with Crippen LogP contribution in [0.4, 0.5) is 5.69 Å². The van der Waals surface area contributed by atoms with Crippen LogP contribution in [0.15, 0.2) is 77.9 Å². The number of primary amides is 1. The predicted octanol–water partition coefficient (Wildman–Crippen LogP) is 1.59. The summed E-state index contributed by atoms with van der Waals surface area (Å²) in [5.41, 5.74) is 13.8. The van der Waals surface area contributed by atoms with Gasteiger partial charge in [0, 0.05) is 31.5 Å². The molecule has 63 heavy (non-hydrogen) atoms. The summed E-state index contributed by atoms with van der Waals surface area (Å²) in [7, 11) is 0. The van der Waals surface area contributed by atoms with Crippen molar-refractivity contribution in [1.29, 1.82) is 0 Å². The molecule has 2 aliphatic rings. The van der Waals surface area contributed by atoms with Crippen LogP contribution >= 0.6 is 0 Å². The summed E-state index contributed by atoms with van der Waals surface area (Å²) in [6, 6.07) is 10.9. The van der Waals surface area contributed by atoms with Gasteiger partial charge >= 0.3 is 11.9 Å². The SMILES string of the molecule is CC(C)=CCC/C(C)=C\C[C@@]12c3ccccc3N[C@@H]1N(C(=O)[C@H](Cc1ccccc1)NC(=O)[C@H](C)NC(=O)CN)C[C@@H]2C(=O)N[C@@H](CCC(=O)O)C(=O)N[C@@H](CCC(N)=O)C(=O)O. The fourth-order valence-corrected chi connectivity index (χ4v) is 8.11. The second-order valence-corrected chi connectivity index (χ2v) is 16.4. The van der Waals surface area contributed by atoms with Crippen LogP contribution < -0.4 is 38.1 Å². The average molecular weight is 873 g/mol. The first-order valence-electron chi connectivity index (χ1n) is 21.0. The van der Waals surface area contributed by atoms with Crippen LogP contribution in [0.3, 0.4) is 0 Å². The molecule has 2 aromatic rings. The van der Waals surface area contributed by atoms with Crippen LogP contribution in [0.2, 0.25) is 0 Å². The predicted molar refractivity (Wildman–Crippen MR) is 233 cm³/mol. The van der Waals surface area contributed by atoms with Crippen LogP contribution in [-0.4, -0.2) is 106 Å². The van der Waals surface area contributed by atoms with Crippen LogP contribution in [-0.2, 0) is 50.2 Å². The molecule has 0 saturated carbocycles. The van der Waals surface area contributed by atoms with Crippen LogP contribution in [0.25, 0.3) is 0 Å². The van der Waals surface area contributed by atoms with Gasteiger partial charge in [0.15, 0.2) is 0 Å². The molecule has 18 heteroatoms. The number of fused-ring (bicyclic) bond motifs is 3. The molecule has 0 spiro atoms. The molecule has 2 heterocycles. The minimum Gasteiger partial charge on any atom is -0.481 e. The number of aliphatic carboxylic acids is 2. The second-order valence-electron chi connectivity index (χ2n) is 16.4. The molecule has 0 aliphatic carbocycles. The van der Waals surface area contributed by atoms with Crippen molar-refractivity contribution in [1.82, 2.24) is 26.2 Å². The molecule has 11 N–H and O–H groups in total. The van der Waals surface area contributed by atoms with E-state index in [1.54, 1.807) is 30.3 Å². The molecule has 340 valence electrons. The highest BCUT2D eigenvalue weighted by molar-refractivity contribution is 5.96. The van der Waals surface area contributed by atoms with Gasteiger partial charge in [-0.15, -0.1) is 0 Å². The Morgan fingerprint density at radius 2 is 1.48 bits per heavy atom. The van der Waals surface area contributed by atoms with Gasteiger partial charge in [-0.05, 0) is 77.0 Å². The molecule has 0 aromatic heterocycles. The zero-order valence-electron chi connectivity index (χ0n) is 36.1. The van der Waals surface area contributed by atoms with E-state index >= 15 is 4.79 Å². The van der Waals surface area contributed by atoms with E-state index in [0.29, 0.717) is 17.7 Å². The monoisotopic (exact) mass is 872 g/mol. The van der Waals surface area contributed by atoms with Gasteiger partial charge in [-0.25, -0.2) is 4.79 Å². The second kappa shape index (κ2) is 22.5. The first-order valence-corrected chi connectivity index (χ1v) is 21.0. The van der Waals surface area contributed by atoms with Gasteiger partial charge in [0.1, 0.15) is 30.3 Å². The van der Waals surface area contributed by atoms with Crippen LogP contribution in [0.1, 0.15) is 83.8 Å². The van der Waals surface area contributed by atoms with E-state index in [4.69, 9.17) is 11.5 Å². The smallest absolute Gasteiger partial charge is 0.326 e. The Morgan fingerprint density at radius 1 is 0.825 bits per heavy atom. The Bertz CT molecular complexity index is 2090. The molecule has 0 unspecified atom stereocenters. The summed E-state index contributed by atoms with van der Waals surface area (Å²) < 4.78 is 0. The van der Waals surface area contributed by atoms with E-state index in [0.717, 1.165) is 23.1 Å². The van der Waals surface area contributed by atoms with E-state index < -0.39 is 102 Å². The Balaban J connectivity index is 1.82. The number of allylic oxidation sites excluding steroid dienone is 4. The van der Waals surface area contributed by atoms with Crippen molar-refractivity contribution in [2.45, 2.75) is 115 Å². The normalized spacial score (nSPS) is 19.4. The molecule has 2 aromatic carbocycles. The summed E-state index contributed by atoms with van der Waals surface area (Å²) in [6.07, 6.45) is 3.35. The zero-order valence-corrected chi connectivity index (χ0v) is 36.1. The topological polar surface area (TPSA) is 292 Å². The fourth-order valence-electron chi connectivity index (χ4n) is 8.11. The number of hydrogen-bond donors (Lipinski definition) is 9. The minimum atomic E-state index is -1.57. The third kappa shape index (κ3) is 13.0. The molecule has 4 rings (SSSR count). The summed E-state index contributed by atoms with van der Waals surface area (Å²) in [5, 5.41) is 33.2. The van der Waals surface area contributed by atoms with Gasteiger partial charge in [0.2, 0.25) is 35.4 Å². The van der Waals surface area contributed by atoms with Crippen molar-refractivity contribution < 1.29 is 48.6 Å². The van der Waals surface area contributed by atoms with E-state index in [1.807, 2.05) is 51.1 Å². The van der Waals surface area contributed by atoms with Crippen LogP contribution in [0.5, 0.6) is 0 Å². The maximum Gasteiger partial charge on any atom is 0.326 e. The maximum atomic E-state index is 15.1. The highest BCUT2D eigenvalue weighted by Gasteiger charge is 2.63. The van der Waals surface area contributed by atoms with Gasteiger partial charge in [-0.2, -0.15) is 0 Å². The third-order valence-electron chi connectivity index (χ3n) is 11.4. The number of carboxylic acid groups (broad SMARTS) is 2. The summed E-state index contributed by atoms with van der Waals surface area (Å²) >= 11 is 0. The number of carbonyl (C=O) groups is 8. The lowest BCUT2D eigenvalue weighted by Gasteiger charge is -2.36. The lowest BCUT2D eigenvalue weighted by atomic mass is 9.69. The van der Waals surface area contributed by atoms with Gasteiger partial charge in [-0.3, -0.25) is 33.6 Å². The zero-order chi connectivity index (χ0) is 46.4. The van der Waals surface area contributed by atoms with Crippen molar-refractivity contribution >= 4 is 53.1 Å². The number of nitrogens with one attached hydrogen (secondary N) is 5. The van der Waals surface area contributed by atoms with E-state index in [2.05, 4.69) is 32.7 Å². The van der Waals surface area contributed by atoms with E-state index in [-0.39, 0.29) is 38.8 Å². The van der Waals surface area contributed by atoms with E-state index in [9.17, 15) is 43.8 Å². The number of hydrogen-bond acceptors (Lipinski definition) is 10. The Morgan fingerprint density at radius 3 is 2.11 bits per heavy atom. The number of benzene rings is 2. The highest BCUT2D eigenvalue weighted by atomic mass is 16.4. The van der Waals surface area contributed by atoms with Gasteiger partial charge in [0.25, 0.3) is 0 Å². The quantitative estimate of drug-likeness (QED) is 0.0720. The molecule has 7 atom stereocenters. The average Bonchev–Trinajstić information content (AvgIpc) is 3.74. The number of nitrogens with zero attached hydrogens (tertiary/aromatic N) is 1. The number of para-hydroxylation sites is 1. The van der Waals surface area contributed by atoms with Gasteiger partial charge in [-0.1, -0.05) is 71.8 Å². The van der Waals surface area contributed by atoms with Crippen molar-refractivity contribution in [3.63, 3.8) is 0 Å². The van der Waals surface area contributed by atoms with Gasteiger partial charge in [0.05, 0.1) is 17.9 Å². The summed E-state index contributed by atoms with van der Waals surface area (Å²) in [5.74, 6) is -8.08. The largest absolute Gasteiger partial charge is 0.481 e. The Kier molecular flexibility index (Phi) is 17.5. The number of rotatable bonds is 23. The highest BCUT2D eigenvalue weighted by Crippen LogP contribution is 2.54. The maximum absolute atomic E-state index is 15.1. The molecular weight excluding hydrogens is 813 g/mol. The lowest BCUT2D eigenvalue weighted by Crippen LogP contribution is -2.57. The first kappa shape index (κ1) is 49.1. The molecule has 1 saturated heterocycles. The third-order valence-corrected chi connectivity index (χ3v) is 11.4. The Hall–Kier alpha value is -6.56. The van der Waals surface area contributed by atoms with Crippen molar-refractivity contribution in [3.8, 4) is 0 Å². The number of amides is 6.